The Labute approximate surface area is 129 Å². The predicted molar refractivity (Wildman–Crippen MR) is 81.4 cm³/mol. The Morgan fingerprint density at radius 1 is 0.773 bits per heavy atom. The fourth-order valence-corrected chi connectivity index (χ4v) is 3.92. The number of hydrogen-bond donors (Lipinski definition) is 2. The molecule has 0 radical (unpaired) electrons. The first-order valence-corrected chi connectivity index (χ1v) is 7.66. The molecule has 0 spiro atoms. The topological polar surface area (TPSA) is 65.8 Å². The van der Waals surface area contributed by atoms with Crippen molar-refractivity contribution < 1.29 is 14.9 Å². The highest BCUT2D eigenvalue weighted by Gasteiger charge is 2.44. The first-order valence-electron chi connectivity index (χ1n) is 7.66. The lowest BCUT2D eigenvalue weighted by Crippen LogP contribution is -2.32. The van der Waals surface area contributed by atoms with Crippen LogP contribution in [0.3, 0.4) is 0 Å². The average molecular weight is 294 g/mol. The fourth-order valence-electron chi connectivity index (χ4n) is 3.92. The van der Waals surface area contributed by atoms with Crippen molar-refractivity contribution >= 4 is 0 Å². The van der Waals surface area contributed by atoms with Gasteiger partial charge in [-0.2, -0.15) is 0 Å². The van der Waals surface area contributed by atoms with Crippen LogP contribution < -0.4 is 0 Å². The molecule has 0 aliphatic heterocycles. The van der Waals surface area contributed by atoms with Gasteiger partial charge in [0.05, 0.1) is 0 Å². The van der Waals surface area contributed by atoms with E-state index < -0.39 is 24.3 Å². The lowest BCUT2D eigenvalue weighted by molar-refractivity contribution is -0.646. The van der Waals surface area contributed by atoms with Crippen molar-refractivity contribution in [2.45, 2.75) is 37.1 Å². The maximum atomic E-state index is 10.8. The number of hydrogen-bond acceptors (Lipinski definition) is 2. The average Bonchev–Trinajstić information content (AvgIpc) is 3.01. The first kappa shape index (κ1) is 13.6. The van der Waals surface area contributed by atoms with Crippen LogP contribution >= 0.6 is 0 Å². The van der Waals surface area contributed by atoms with Gasteiger partial charge in [-0.1, -0.05) is 48.5 Å². The number of aliphatic hydroxyl groups excluding tert-OH is 2. The van der Waals surface area contributed by atoms with Gasteiger partial charge < -0.3 is 20.4 Å². The summed E-state index contributed by atoms with van der Waals surface area (Å²) in [6, 6.07) is 14.5. The summed E-state index contributed by atoms with van der Waals surface area (Å²) in [5.41, 5.74) is 14.8. The van der Waals surface area contributed by atoms with Crippen LogP contribution in [0, 0.1) is 0 Å². The second-order valence-corrected chi connectivity index (χ2v) is 6.21. The van der Waals surface area contributed by atoms with Crippen LogP contribution in [0.4, 0.5) is 0 Å². The molecule has 0 saturated carbocycles. The molecule has 4 nitrogen and oxygen atoms in total. The minimum atomic E-state index is -0.664. The summed E-state index contributed by atoms with van der Waals surface area (Å²) in [4.78, 5) is 0. The van der Waals surface area contributed by atoms with Crippen molar-refractivity contribution in [2.24, 2.45) is 0 Å². The van der Waals surface area contributed by atoms with Crippen LogP contribution in [-0.2, 0) is 12.8 Å². The molecule has 0 aromatic heterocycles. The van der Waals surface area contributed by atoms with E-state index in [0.717, 1.165) is 27.0 Å². The minimum Gasteiger partial charge on any atom is -0.506 e. The molecule has 112 valence electrons. The molecule has 2 aromatic carbocycles. The van der Waals surface area contributed by atoms with Crippen molar-refractivity contribution in [1.29, 1.82) is 0 Å². The van der Waals surface area contributed by atoms with E-state index in [9.17, 15) is 15.7 Å². The third kappa shape index (κ3) is 1.91. The van der Waals surface area contributed by atoms with E-state index in [1.807, 2.05) is 48.5 Å². The van der Waals surface area contributed by atoms with Crippen LogP contribution in [0.1, 0.15) is 34.3 Å². The van der Waals surface area contributed by atoms with Gasteiger partial charge in [-0.15, -0.1) is 0 Å². The van der Waals surface area contributed by atoms with Gasteiger partial charge in [0.1, 0.15) is 12.2 Å². The number of benzene rings is 2. The second-order valence-electron chi connectivity index (χ2n) is 6.21. The van der Waals surface area contributed by atoms with E-state index in [4.69, 9.17) is 0 Å². The summed E-state index contributed by atoms with van der Waals surface area (Å²) in [5.74, 6) is 0. The molecule has 4 unspecified atom stereocenters. The van der Waals surface area contributed by atoms with Crippen molar-refractivity contribution in [2.75, 3.05) is 0 Å². The van der Waals surface area contributed by atoms with Crippen LogP contribution in [-0.4, -0.2) is 27.1 Å². The van der Waals surface area contributed by atoms with E-state index in [0.29, 0.717) is 12.8 Å². The highest BCUT2D eigenvalue weighted by Crippen LogP contribution is 2.42. The molecule has 2 aromatic rings. The molecule has 2 aliphatic carbocycles. The minimum absolute atomic E-state index is 0.498. The third-order valence-electron chi connectivity index (χ3n) is 4.90. The van der Waals surface area contributed by atoms with Gasteiger partial charge in [0.15, 0.2) is 12.1 Å². The predicted octanol–water partition coefficient (Wildman–Crippen LogP) is 2.34. The first-order chi connectivity index (χ1) is 10.7. The van der Waals surface area contributed by atoms with Crippen molar-refractivity contribution in [3.8, 4) is 0 Å². The molecule has 0 bridgehead atoms. The lowest BCUT2D eigenvalue weighted by Gasteiger charge is -2.26. The molecule has 0 heterocycles. The highest BCUT2D eigenvalue weighted by atomic mass is 16.3. The summed E-state index contributed by atoms with van der Waals surface area (Å²) in [5, 5.41) is 20.8. The molecule has 22 heavy (non-hydrogen) atoms. The zero-order valence-electron chi connectivity index (χ0n) is 12.1. The van der Waals surface area contributed by atoms with E-state index in [1.54, 1.807) is 0 Å². The van der Waals surface area contributed by atoms with Crippen LogP contribution in [0.5, 0.6) is 0 Å². The van der Waals surface area contributed by atoms with Crippen LogP contribution in [0.15, 0.2) is 48.5 Å². The molecular formula is C18H18N2O2. The van der Waals surface area contributed by atoms with E-state index in [1.165, 1.54) is 0 Å². The summed E-state index contributed by atoms with van der Waals surface area (Å²) < 4.78 is 1.16. The maximum Gasteiger partial charge on any atom is 0.194 e. The van der Waals surface area contributed by atoms with E-state index in [2.05, 4.69) is 0 Å². The smallest absolute Gasteiger partial charge is 0.194 e. The Hall–Kier alpha value is -2.04. The van der Waals surface area contributed by atoms with Crippen molar-refractivity contribution in [3.05, 3.63) is 76.3 Å². The SMILES string of the molecule is [N-]=[N+](C1c2ccccc2CC1O)C1c2ccccc2CC1O. The van der Waals surface area contributed by atoms with Gasteiger partial charge in [-0.05, 0) is 11.1 Å². The molecule has 0 saturated heterocycles. The molecular weight excluding hydrogens is 276 g/mol. The van der Waals surface area contributed by atoms with Crippen molar-refractivity contribution in [1.82, 2.24) is 0 Å². The summed E-state index contributed by atoms with van der Waals surface area (Å²) >= 11 is 0. The fraction of sp³-hybridized carbons (Fsp3) is 0.333. The Kier molecular flexibility index (Phi) is 3.10. The van der Waals surface area contributed by atoms with Gasteiger partial charge in [0.25, 0.3) is 0 Å². The number of fused-ring (bicyclic) bond motifs is 2. The van der Waals surface area contributed by atoms with Crippen LogP contribution in [0.2, 0.25) is 0 Å². The molecule has 2 N–H and O–H groups in total. The maximum absolute atomic E-state index is 10.8. The van der Waals surface area contributed by atoms with Crippen molar-refractivity contribution in [3.63, 3.8) is 0 Å². The number of nitrogens with zero attached hydrogens (tertiary/aromatic N) is 2. The normalized spacial score (nSPS) is 29.2. The number of rotatable bonds is 2. The third-order valence-corrected chi connectivity index (χ3v) is 4.90. The van der Waals surface area contributed by atoms with Crippen LogP contribution in [0.25, 0.3) is 5.53 Å². The monoisotopic (exact) mass is 294 g/mol. The van der Waals surface area contributed by atoms with Gasteiger partial charge in [0.2, 0.25) is 0 Å². The summed E-state index contributed by atoms with van der Waals surface area (Å²) in [6.45, 7) is 0. The van der Waals surface area contributed by atoms with Gasteiger partial charge in [-0.25, -0.2) is 0 Å². The summed E-state index contributed by atoms with van der Waals surface area (Å²) in [7, 11) is 0. The largest absolute Gasteiger partial charge is 0.506 e. The van der Waals surface area contributed by atoms with E-state index >= 15 is 0 Å². The van der Waals surface area contributed by atoms with Gasteiger partial charge in [0, 0.05) is 24.0 Å². The Balaban J connectivity index is 1.74. The Bertz CT molecular complexity index is 682. The van der Waals surface area contributed by atoms with Gasteiger partial charge >= 0.3 is 0 Å². The quantitative estimate of drug-likeness (QED) is 0.659. The van der Waals surface area contributed by atoms with E-state index in [-0.39, 0.29) is 0 Å². The molecule has 4 rings (SSSR count). The Morgan fingerprint density at radius 3 is 1.64 bits per heavy atom. The van der Waals surface area contributed by atoms with Gasteiger partial charge in [-0.3, -0.25) is 0 Å². The molecule has 4 atom stereocenters. The standard InChI is InChI=1S/C18H18N2O2/c19-20(17-13-7-3-1-5-11(13)9-15(17)21)18-14-8-4-2-6-12(14)10-16(18)22/h1-8,15-18,21-22H,9-10H2. The highest BCUT2D eigenvalue weighted by molar-refractivity contribution is 5.37. The molecule has 2 aliphatic rings. The zero-order valence-corrected chi connectivity index (χ0v) is 12.1. The number of aliphatic hydroxyl groups is 2. The summed E-state index contributed by atoms with van der Waals surface area (Å²) in [6.07, 6.45) is -0.269. The molecule has 0 amide bonds. The zero-order chi connectivity index (χ0) is 15.3. The second kappa shape index (κ2) is 5.00. The molecule has 0 fully saturated rings. The lowest BCUT2D eigenvalue weighted by atomic mass is 10.0. The molecule has 4 heteroatoms. The Morgan fingerprint density at radius 2 is 1.18 bits per heavy atom.